The van der Waals surface area contributed by atoms with E-state index in [0.717, 1.165) is 32.3 Å². The normalized spacial score (nSPS) is 26.4. The van der Waals surface area contributed by atoms with Gasteiger partial charge in [0.2, 0.25) is 6.79 Å². The molecule has 1 N–H and O–H groups in total. The highest BCUT2D eigenvalue weighted by molar-refractivity contribution is 6.32. The zero-order valence-electron chi connectivity index (χ0n) is 22.5. The molecule has 0 amide bonds. The van der Waals surface area contributed by atoms with Gasteiger partial charge in [-0.3, -0.25) is 4.79 Å². The average Bonchev–Trinajstić information content (AvgIpc) is 3.45. The zero-order valence-corrected chi connectivity index (χ0v) is 23.2. The van der Waals surface area contributed by atoms with Gasteiger partial charge < -0.3 is 33.9 Å². The molecule has 1 aromatic heterocycles. The maximum Gasteiger partial charge on any atom is 0.287 e. The Labute approximate surface area is 237 Å². The predicted octanol–water partition coefficient (Wildman–Crippen LogP) is 4.01. The monoisotopic (exact) mass is 578 g/mol. The number of aromatic nitrogens is 2. The van der Waals surface area contributed by atoms with Gasteiger partial charge in [-0.25, -0.2) is 9.07 Å². The molecule has 4 aliphatic rings. The smallest absolute Gasteiger partial charge is 0.287 e. The van der Waals surface area contributed by atoms with Gasteiger partial charge in [0.25, 0.3) is 5.56 Å². The summed E-state index contributed by atoms with van der Waals surface area (Å²) in [4.78, 5) is 15.2. The van der Waals surface area contributed by atoms with Crippen LogP contribution in [0, 0.1) is 11.7 Å². The van der Waals surface area contributed by atoms with E-state index in [-0.39, 0.29) is 41.4 Å². The molecular weight excluding hydrogens is 543 g/mol. The number of hydrogen-bond donors (Lipinski definition) is 1. The molecule has 10 nitrogen and oxygen atoms in total. The molecule has 1 aromatic carbocycles. The molecule has 1 saturated carbocycles. The van der Waals surface area contributed by atoms with E-state index in [1.54, 1.807) is 12.3 Å². The van der Waals surface area contributed by atoms with E-state index in [4.69, 9.17) is 35.3 Å². The third-order valence-corrected chi connectivity index (χ3v) is 8.63. The molecule has 4 heterocycles. The highest BCUT2D eigenvalue weighted by atomic mass is 35.5. The van der Waals surface area contributed by atoms with Crippen molar-refractivity contribution in [2.75, 3.05) is 63.1 Å². The molecule has 2 aromatic rings. The van der Waals surface area contributed by atoms with Crippen molar-refractivity contribution in [3.8, 4) is 11.5 Å². The minimum Gasteiger partial charge on any atom is -0.454 e. The standard InChI is InChI=1S/C28H36ClFN4O6/c29-27-23(31-12-18-2-1-7-36-15-18)13-32-34(28(27)35)20-5-3-19(4-6-20)33(14-21-16-37-8-9-38-21)24-11-26-25(10-22(24)30)39-17-40-26/h10-11,13,18-21,31H,1-9,12,14-17H2/t18-,19?,20?,21+/m1/s1. The van der Waals surface area contributed by atoms with Crippen LogP contribution in [-0.2, 0) is 14.2 Å². The number of rotatable bonds is 8. The lowest BCUT2D eigenvalue weighted by molar-refractivity contribution is -0.0847. The first-order valence-corrected chi connectivity index (χ1v) is 14.6. The minimum atomic E-state index is -0.365. The summed E-state index contributed by atoms with van der Waals surface area (Å²) in [5, 5.41) is 7.93. The number of benzene rings is 1. The van der Waals surface area contributed by atoms with Crippen LogP contribution in [0.5, 0.6) is 11.5 Å². The van der Waals surface area contributed by atoms with Gasteiger partial charge in [-0.05, 0) is 44.4 Å². The maximum atomic E-state index is 15.3. The quantitative estimate of drug-likeness (QED) is 0.498. The molecule has 2 saturated heterocycles. The first kappa shape index (κ1) is 27.6. The van der Waals surface area contributed by atoms with E-state index in [1.807, 2.05) is 0 Å². The summed E-state index contributed by atoms with van der Waals surface area (Å²) in [7, 11) is 0. The molecule has 40 heavy (non-hydrogen) atoms. The van der Waals surface area contributed by atoms with Crippen LogP contribution in [0.3, 0.4) is 0 Å². The van der Waals surface area contributed by atoms with Gasteiger partial charge in [0.15, 0.2) is 11.5 Å². The van der Waals surface area contributed by atoms with Gasteiger partial charge in [-0.1, -0.05) is 11.6 Å². The van der Waals surface area contributed by atoms with E-state index >= 15 is 4.39 Å². The van der Waals surface area contributed by atoms with E-state index < -0.39 is 0 Å². The lowest BCUT2D eigenvalue weighted by Gasteiger charge is -2.40. The van der Waals surface area contributed by atoms with Crippen LogP contribution in [0.4, 0.5) is 15.8 Å². The van der Waals surface area contributed by atoms with Crippen molar-refractivity contribution in [1.29, 1.82) is 0 Å². The first-order valence-electron chi connectivity index (χ1n) is 14.2. The second-order valence-corrected chi connectivity index (χ2v) is 11.3. The largest absolute Gasteiger partial charge is 0.454 e. The number of anilines is 2. The average molecular weight is 579 g/mol. The van der Waals surface area contributed by atoms with Gasteiger partial charge in [-0.2, -0.15) is 5.10 Å². The van der Waals surface area contributed by atoms with Crippen LogP contribution in [0.15, 0.2) is 23.1 Å². The lowest BCUT2D eigenvalue weighted by atomic mass is 9.89. The molecular formula is C28H36ClFN4O6. The molecule has 0 bridgehead atoms. The number of ether oxygens (including phenoxy) is 5. The molecule has 12 heteroatoms. The van der Waals surface area contributed by atoms with Gasteiger partial charge in [0, 0.05) is 37.9 Å². The third kappa shape index (κ3) is 6.02. The van der Waals surface area contributed by atoms with Gasteiger partial charge in [-0.15, -0.1) is 0 Å². The van der Waals surface area contributed by atoms with Crippen molar-refractivity contribution in [1.82, 2.24) is 9.78 Å². The van der Waals surface area contributed by atoms with Crippen LogP contribution in [0.25, 0.3) is 0 Å². The van der Waals surface area contributed by atoms with Crippen molar-refractivity contribution in [2.45, 2.75) is 56.7 Å². The van der Waals surface area contributed by atoms with E-state index in [1.165, 1.54) is 10.7 Å². The summed E-state index contributed by atoms with van der Waals surface area (Å²) >= 11 is 6.50. The summed E-state index contributed by atoms with van der Waals surface area (Å²) in [5.41, 5.74) is 0.724. The Bertz CT molecular complexity index is 1230. The molecule has 218 valence electrons. The fourth-order valence-corrected chi connectivity index (χ4v) is 6.30. The molecule has 3 fully saturated rings. The Morgan fingerprint density at radius 1 is 1.05 bits per heavy atom. The molecule has 6 rings (SSSR count). The summed E-state index contributed by atoms with van der Waals surface area (Å²) < 4.78 is 44.8. The first-order chi connectivity index (χ1) is 19.6. The van der Waals surface area contributed by atoms with Crippen molar-refractivity contribution in [2.24, 2.45) is 5.92 Å². The SMILES string of the molecule is O=c1c(Cl)c(NC[C@H]2CCCOC2)cnn1C1CCC(N(C[C@H]2COCCO2)c2cc3c(cc2F)OCO3)CC1. The Morgan fingerprint density at radius 3 is 2.60 bits per heavy atom. The van der Waals surface area contributed by atoms with E-state index in [0.29, 0.717) is 81.2 Å². The van der Waals surface area contributed by atoms with Crippen LogP contribution < -0.4 is 25.2 Å². The number of hydrogen-bond acceptors (Lipinski definition) is 9. The highest BCUT2D eigenvalue weighted by Gasteiger charge is 2.33. The fourth-order valence-electron chi connectivity index (χ4n) is 6.10. The fraction of sp³-hybridized carbons (Fsp3) is 0.643. The van der Waals surface area contributed by atoms with Crippen molar-refractivity contribution < 1.29 is 28.1 Å². The molecule has 0 radical (unpaired) electrons. The number of nitrogens with zero attached hydrogens (tertiary/aromatic N) is 3. The Morgan fingerprint density at radius 2 is 1.85 bits per heavy atom. The summed E-state index contributed by atoms with van der Waals surface area (Å²) in [6.45, 7) is 4.33. The van der Waals surface area contributed by atoms with E-state index in [9.17, 15) is 4.79 Å². The number of nitrogens with one attached hydrogen (secondary N) is 1. The molecule has 1 aliphatic carbocycles. The zero-order chi connectivity index (χ0) is 27.5. The van der Waals surface area contributed by atoms with Gasteiger partial charge in [0.1, 0.15) is 10.8 Å². The van der Waals surface area contributed by atoms with Gasteiger partial charge >= 0.3 is 0 Å². The molecule has 0 unspecified atom stereocenters. The van der Waals surface area contributed by atoms with Crippen LogP contribution in [0.1, 0.15) is 44.6 Å². The van der Waals surface area contributed by atoms with Gasteiger partial charge in [0.05, 0.1) is 56.1 Å². The maximum absolute atomic E-state index is 15.3. The van der Waals surface area contributed by atoms with Crippen LogP contribution in [-0.4, -0.2) is 74.8 Å². The predicted molar refractivity (Wildman–Crippen MR) is 147 cm³/mol. The van der Waals surface area contributed by atoms with Crippen LogP contribution >= 0.6 is 11.6 Å². The lowest BCUT2D eigenvalue weighted by Crippen LogP contribution is -2.47. The van der Waals surface area contributed by atoms with Crippen molar-refractivity contribution in [3.63, 3.8) is 0 Å². The number of fused-ring (bicyclic) bond motifs is 1. The minimum absolute atomic E-state index is 0.0430. The van der Waals surface area contributed by atoms with Crippen molar-refractivity contribution >= 4 is 23.0 Å². The Hall–Kier alpha value is -2.60. The second kappa shape index (κ2) is 12.5. The molecule has 0 spiro atoms. The Kier molecular flexibility index (Phi) is 8.62. The summed E-state index contributed by atoms with van der Waals surface area (Å²) in [5.74, 6) is 0.974. The molecule has 3 aliphatic heterocycles. The molecule has 2 atom stereocenters. The Balaban J connectivity index is 1.14. The summed E-state index contributed by atoms with van der Waals surface area (Å²) in [6.07, 6.45) is 6.54. The third-order valence-electron chi connectivity index (χ3n) is 8.27. The second-order valence-electron chi connectivity index (χ2n) is 10.9. The van der Waals surface area contributed by atoms with Crippen LogP contribution in [0.2, 0.25) is 5.02 Å². The highest BCUT2D eigenvalue weighted by Crippen LogP contribution is 2.40. The summed E-state index contributed by atoms with van der Waals surface area (Å²) in [6, 6.07) is 3.06. The van der Waals surface area contributed by atoms with E-state index in [2.05, 4.69) is 15.3 Å². The topological polar surface area (TPSA) is 96.3 Å². The van der Waals surface area contributed by atoms with Crippen molar-refractivity contribution in [3.05, 3.63) is 39.5 Å². The number of halogens is 2.